The van der Waals surface area contributed by atoms with Crippen molar-refractivity contribution in [1.82, 2.24) is 14.7 Å². The summed E-state index contributed by atoms with van der Waals surface area (Å²) in [6, 6.07) is 1.75. The Bertz CT molecular complexity index is 587. The molecule has 3 rings (SSSR count). The Balaban J connectivity index is 1.65. The lowest BCUT2D eigenvalue weighted by molar-refractivity contribution is -0.153. The van der Waals surface area contributed by atoms with Crippen LogP contribution >= 0.6 is 11.3 Å². The summed E-state index contributed by atoms with van der Waals surface area (Å²) in [5.74, 6) is -0.939. The summed E-state index contributed by atoms with van der Waals surface area (Å²) >= 11 is 1.65. The van der Waals surface area contributed by atoms with Crippen LogP contribution < -0.4 is 0 Å². The largest absolute Gasteiger partial charge is 0.333 e. The molecule has 2 aliphatic rings. The minimum Gasteiger partial charge on any atom is -0.333 e. The van der Waals surface area contributed by atoms with Gasteiger partial charge in [-0.15, -0.1) is 0 Å². The van der Waals surface area contributed by atoms with Crippen molar-refractivity contribution in [3.8, 4) is 0 Å². The second-order valence-corrected chi connectivity index (χ2v) is 6.39. The Labute approximate surface area is 133 Å². The number of rotatable bonds is 2. The van der Waals surface area contributed by atoms with E-state index in [0.29, 0.717) is 32.1 Å². The van der Waals surface area contributed by atoms with E-state index in [-0.39, 0.29) is 12.6 Å². The molecule has 118 valence electrons. The van der Waals surface area contributed by atoms with E-state index >= 15 is 0 Å². The summed E-state index contributed by atoms with van der Waals surface area (Å²) in [6.45, 7) is 4.29. The summed E-state index contributed by atoms with van der Waals surface area (Å²) in [5.41, 5.74) is 1.25. The molecule has 2 saturated heterocycles. The molecule has 2 fully saturated rings. The molecule has 0 bridgehead atoms. The van der Waals surface area contributed by atoms with Gasteiger partial charge in [-0.05, 0) is 35.7 Å². The van der Waals surface area contributed by atoms with Crippen molar-refractivity contribution in [1.29, 1.82) is 0 Å². The number of amides is 4. The molecule has 0 spiro atoms. The van der Waals surface area contributed by atoms with Gasteiger partial charge in [-0.3, -0.25) is 14.5 Å². The fourth-order valence-corrected chi connectivity index (χ4v) is 3.79. The van der Waals surface area contributed by atoms with E-state index < -0.39 is 11.8 Å². The lowest BCUT2D eigenvalue weighted by Crippen LogP contribution is -2.58. The van der Waals surface area contributed by atoms with Gasteiger partial charge in [-0.2, -0.15) is 11.3 Å². The van der Waals surface area contributed by atoms with Gasteiger partial charge in [0.1, 0.15) is 0 Å². The molecule has 0 saturated carbocycles. The van der Waals surface area contributed by atoms with Crippen LogP contribution in [0.15, 0.2) is 16.8 Å². The number of hydrogen-bond donors (Lipinski definition) is 0. The van der Waals surface area contributed by atoms with Crippen molar-refractivity contribution in [2.45, 2.75) is 19.3 Å². The molecule has 22 heavy (non-hydrogen) atoms. The average molecular weight is 321 g/mol. The first-order chi connectivity index (χ1) is 10.6. The number of hydrogen-bond acceptors (Lipinski definition) is 4. The van der Waals surface area contributed by atoms with Crippen LogP contribution in [0, 0.1) is 0 Å². The Kier molecular flexibility index (Phi) is 4.15. The molecule has 1 aromatic heterocycles. The summed E-state index contributed by atoms with van der Waals surface area (Å²) in [7, 11) is 0. The number of imide groups is 1. The molecule has 4 amide bonds. The Morgan fingerprint density at radius 2 is 2.09 bits per heavy atom. The zero-order valence-corrected chi connectivity index (χ0v) is 13.3. The average Bonchev–Trinajstić information content (AvgIpc) is 3.20. The molecule has 6 nitrogen and oxygen atoms in total. The molecule has 0 radical (unpaired) electrons. The number of thiophene rings is 1. The van der Waals surface area contributed by atoms with E-state index in [4.69, 9.17) is 0 Å². The zero-order chi connectivity index (χ0) is 15.7. The van der Waals surface area contributed by atoms with Crippen molar-refractivity contribution in [3.05, 3.63) is 22.4 Å². The van der Waals surface area contributed by atoms with Crippen LogP contribution in [-0.4, -0.2) is 65.3 Å². The highest BCUT2D eigenvalue weighted by Crippen LogP contribution is 2.29. The van der Waals surface area contributed by atoms with Gasteiger partial charge >= 0.3 is 17.8 Å². The van der Waals surface area contributed by atoms with Crippen molar-refractivity contribution in [3.63, 3.8) is 0 Å². The summed E-state index contributed by atoms with van der Waals surface area (Å²) in [6.07, 6.45) is 0.902. The number of carbonyl (C=O) groups excluding carboxylic acids is 3. The minimum absolute atomic E-state index is 0.289. The van der Waals surface area contributed by atoms with Crippen LogP contribution in [0.25, 0.3) is 0 Å². The van der Waals surface area contributed by atoms with Crippen molar-refractivity contribution >= 4 is 29.2 Å². The van der Waals surface area contributed by atoms with E-state index in [9.17, 15) is 14.4 Å². The predicted octanol–water partition coefficient (Wildman–Crippen LogP) is 1.35. The number of likely N-dealkylation sites (N-methyl/N-ethyl adjacent to an activating group) is 1. The minimum atomic E-state index is -0.697. The van der Waals surface area contributed by atoms with Crippen LogP contribution in [0.3, 0.4) is 0 Å². The van der Waals surface area contributed by atoms with Crippen molar-refractivity contribution < 1.29 is 14.4 Å². The van der Waals surface area contributed by atoms with Crippen LogP contribution in [-0.2, 0) is 9.59 Å². The first kappa shape index (κ1) is 15.0. The predicted molar refractivity (Wildman–Crippen MR) is 82.6 cm³/mol. The molecule has 0 aliphatic carbocycles. The molecule has 1 aromatic rings. The maximum atomic E-state index is 12.5. The molecule has 3 heterocycles. The SMILES string of the molecule is CCN1CCN(C(=O)N2CCC(c3ccsc3)C2)C(=O)C1=O. The fraction of sp³-hybridized carbons (Fsp3) is 0.533. The second kappa shape index (κ2) is 6.08. The van der Waals surface area contributed by atoms with Crippen molar-refractivity contribution in [2.75, 3.05) is 32.7 Å². The summed E-state index contributed by atoms with van der Waals surface area (Å²) < 4.78 is 0. The summed E-state index contributed by atoms with van der Waals surface area (Å²) in [4.78, 5) is 40.8. The van der Waals surface area contributed by atoms with Crippen molar-refractivity contribution in [2.24, 2.45) is 0 Å². The Morgan fingerprint density at radius 3 is 2.77 bits per heavy atom. The quantitative estimate of drug-likeness (QED) is 0.773. The van der Waals surface area contributed by atoms with Crippen LogP contribution in [0.1, 0.15) is 24.8 Å². The van der Waals surface area contributed by atoms with E-state index in [2.05, 4.69) is 11.4 Å². The maximum Gasteiger partial charge on any atom is 0.327 e. The highest BCUT2D eigenvalue weighted by Gasteiger charge is 2.39. The highest BCUT2D eigenvalue weighted by molar-refractivity contribution is 7.08. The van der Waals surface area contributed by atoms with E-state index in [1.807, 2.05) is 12.3 Å². The molecule has 1 unspecified atom stereocenters. The molecule has 0 N–H and O–H groups in total. The number of likely N-dealkylation sites (tertiary alicyclic amines) is 1. The van der Waals surface area contributed by atoms with Crippen LogP contribution in [0.4, 0.5) is 4.79 Å². The van der Waals surface area contributed by atoms with Gasteiger partial charge in [0.05, 0.1) is 0 Å². The maximum absolute atomic E-state index is 12.5. The van der Waals surface area contributed by atoms with Gasteiger partial charge in [0, 0.05) is 38.6 Å². The zero-order valence-electron chi connectivity index (χ0n) is 12.5. The molecule has 1 atom stereocenters. The molecule has 0 aromatic carbocycles. The Morgan fingerprint density at radius 1 is 1.27 bits per heavy atom. The monoisotopic (exact) mass is 321 g/mol. The number of urea groups is 1. The van der Waals surface area contributed by atoms with Gasteiger partial charge in [-0.1, -0.05) is 0 Å². The van der Waals surface area contributed by atoms with Crippen LogP contribution in [0.5, 0.6) is 0 Å². The van der Waals surface area contributed by atoms with Gasteiger partial charge < -0.3 is 9.80 Å². The first-order valence-electron chi connectivity index (χ1n) is 7.53. The normalized spacial score (nSPS) is 22.6. The lowest BCUT2D eigenvalue weighted by Gasteiger charge is -2.33. The number of nitrogens with zero attached hydrogens (tertiary/aromatic N) is 3. The van der Waals surface area contributed by atoms with E-state index in [1.165, 1.54) is 10.5 Å². The Hall–Kier alpha value is -1.89. The van der Waals surface area contributed by atoms with Gasteiger partial charge in [-0.25, -0.2) is 4.79 Å². The van der Waals surface area contributed by atoms with E-state index in [0.717, 1.165) is 11.3 Å². The first-order valence-corrected chi connectivity index (χ1v) is 8.48. The number of carbonyl (C=O) groups is 3. The van der Waals surface area contributed by atoms with Gasteiger partial charge in [0.15, 0.2) is 0 Å². The highest BCUT2D eigenvalue weighted by atomic mass is 32.1. The molecular weight excluding hydrogens is 302 g/mol. The fourth-order valence-electron chi connectivity index (χ4n) is 3.04. The third-order valence-electron chi connectivity index (χ3n) is 4.39. The third-order valence-corrected chi connectivity index (χ3v) is 5.10. The third kappa shape index (κ3) is 2.61. The van der Waals surface area contributed by atoms with Gasteiger partial charge in [0.25, 0.3) is 0 Å². The number of piperazine rings is 1. The molecular formula is C15H19N3O3S. The molecule has 2 aliphatic heterocycles. The lowest BCUT2D eigenvalue weighted by atomic mass is 10.0. The summed E-state index contributed by atoms with van der Waals surface area (Å²) in [5, 5.41) is 4.14. The smallest absolute Gasteiger partial charge is 0.327 e. The standard InChI is InChI=1S/C15H19N3O3S/c1-2-16-6-7-18(14(20)13(16)19)15(21)17-5-3-11(9-17)12-4-8-22-10-12/h4,8,10-11H,2-3,5-7,9H2,1H3. The topological polar surface area (TPSA) is 60.9 Å². The van der Waals surface area contributed by atoms with Gasteiger partial charge in [0.2, 0.25) is 0 Å². The van der Waals surface area contributed by atoms with E-state index in [1.54, 1.807) is 16.2 Å². The van der Waals surface area contributed by atoms with Crippen LogP contribution in [0.2, 0.25) is 0 Å². The second-order valence-electron chi connectivity index (χ2n) is 5.61. The molecule has 7 heteroatoms.